The predicted molar refractivity (Wildman–Crippen MR) is 133 cm³/mol. The molecule has 32 heavy (non-hydrogen) atoms. The first-order chi connectivity index (χ1) is 15.5. The fraction of sp³-hybridized carbons (Fsp3) is 0.652. The normalized spacial score (nSPS) is 11.1. The maximum Gasteiger partial charge on any atom is 0.180 e. The molecule has 0 radical (unpaired) electrons. The van der Waals surface area contributed by atoms with E-state index in [4.69, 9.17) is 70.1 Å². The molecular weight excluding hydrogens is 498 g/mol. The SMILES string of the molecule is CCCCOC(COCCCCOc1c(Cl)cc(OCC=C(Cl)Cl)cc1Cl)OCCCC. The van der Waals surface area contributed by atoms with Crippen molar-refractivity contribution in [1.82, 2.24) is 0 Å². The summed E-state index contributed by atoms with van der Waals surface area (Å²) < 4.78 is 28.6. The summed E-state index contributed by atoms with van der Waals surface area (Å²) in [5.41, 5.74) is 0. The van der Waals surface area contributed by atoms with Crippen LogP contribution in [0.5, 0.6) is 11.5 Å². The zero-order chi connectivity index (χ0) is 23.6. The van der Waals surface area contributed by atoms with E-state index in [2.05, 4.69) is 13.8 Å². The van der Waals surface area contributed by atoms with Gasteiger partial charge in [-0.3, -0.25) is 0 Å². The lowest BCUT2D eigenvalue weighted by Crippen LogP contribution is -2.25. The van der Waals surface area contributed by atoms with Crippen molar-refractivity contribution < 1.29 is 23.7 Å². The molecule has 0 aliphatic carbocycles. The molecule has 0 bridgehead atoms. The number of halogens is 4. The molecule has 9 heteroatoms. The molecule has 0 N–H and O–H groups in total. The van der Waals surface area contributed by atoms with Gasteiger partial charge in [0.2, 0.25) is 0 Å². The molecule has 5 nitrogen and oxygen atoms in total. The molecule has 0 atom stereocenters. The Morgan fingerprint density at radius 3 is 2.00 bits per heavy atom. The van der Waals surface area contributed by atoms with Crippen molar-refractivity contribution in [1.29, 1.82) is 0 Å². The Morgan fingerprint density at radius 1 is 0.844 bits per heavy atom. The average Bonchev–Trinajstić information content (AvgIpc) is 2.74. The van der Waals surface area contributed by atoms with Crippen LogP contribution in [0.3, 0.4) is 0 Å². The minimum absolute atomic E-state index is 0.134. The Balaban J connectivity index is 2.29. The van der Waals surface area contributed by atoms with E-state index < -0.39 is 0 Å². The van der Waals surface area contributed by atoms with Gasteiger partial charge < -0.3 is 23.7 Å². The summed E-state index contributed by atoms with van der Waals surface area (Å²) in [4.78, 5) is 0. The minimum atomic E-state index is -0.307. The summed E-state index contributed by atoms with van der Waals surface area (Å²) >= 11 is 23.6. The molecule has 0 aliphatic heterocycles. The van der Waals surface area contributed by atoms with Gasteiger partial charge in [0.15, 0.2) is 12.0 Å². The van der Waals surface area contributed by atoms with Crippen molar-refractivity contribution in [3.8, 4) is 11.5 Å². The second-order valence-corrected chi connectivity index (χ2v) is 8.85. The van der Waals surface area contributed by atoms with Crippen molar-refractivity contribution in [3.05, 3.63) is 32.7 Å². The van der Waals surface area contributed by atoms with E-state index in [0.29, 0.717) is 54.6 Å². The van der Waals surface area contributed by atoms with Gasteiger partial charge in [-0.15, -0.1) is 0 Å². The summed E-state index contributed by atoms with van der Waals surface area (Å²) in [5.74, 6) is 0.935. The molecule has 0 unspecified atom stereocenters. The van der Waals surface area contributed by atoms with Crippen LogP contribution in [0.1, 0.15) is 52.4 Å². The molecule has 0 heterocycles. The molecule has 0 aromatic heterocycles. The van der Waals surface area contributed by atoms with Gasteiger partial charge in [0, 0.05) is 32.0 Å². The van der Waals surface area contributed by atoms with Crippen molar-refractivity contribution in [2.45, 2.75) is 58.7 Å². The van der Waals surface area contributed by atoms with Crippen molar-refractivity contribution in [2.75, 3.05) is 39.6 Å². The average molecular weight is 532 g/mol. The zero-order valence-electron chi connectivity index (χ0n) is 18.8. The molecule has 1 aromatic carbocycles. The van der Waals surface area contributed by atoms with Gasteiger partial charge in [0.25, 0.3) is 0 Å². The highest BCUT2D eigenvalue weighted by Gasteiger charge is 2.11. The van der Waals surface area contributed by atoms with E-state index in [1.807, 2.05) is 0 Å². The number of hydrogen-bond donors (Lipinski definition) is 0. The second kappa shape index (κ2) is 19.0. The van der Waals surface area contributed by atoms with Crippen LogP contribution in [0.4, 0.5) is 0 Å². The van der Waals surface area contributed by atoms with Gasteiger partial charge in [-0.05, 0) is 31.8 Å². The minimum Gasteiger partial charge on any atom is -0.490 e. The summed E-state index contributed by atoms with van der Waals surface area (Å²) in [6, 6.07) is 3.28. The van der Waals surface area contributed by atoms with Crippen LogP contribution < -0.4 is 9.47 Å². The highest BCUT2D eigenvalue weighted by molar-refractivity contribution is 6.55. The molecule has 0 amide bonds. The van der Waals surface area contributed by atoms with Crippen LogP contribution in [0, 0.1) is 0 Å². The third-order valence-corrected chi connectivity index (χ3v) is 5.12. The molecule has 0 saturated carbocycles. The highest BCUT2D eigenvalue weighted by Crippen LogP contribution is 2.37. The van der Waals surface area contributed by atoms with Gasteiger partial charge >= 0.3 is 0 Å². The van der Waals surface area contributed by atoms with Crippen LogP contribution >= 0.6 is 46.4 Å². The highest BCUT2D eigenvalue weighted by atomic mass is 35.5. The molecular formula is C23H34Cl4O5. The third kappa shape index (κ3) is 14.0. The van der Waals surface area contributed by atoms with Gasteiger partial charge in [0.1, 0.15) is 16.8 Å². The van der Waals surface area contributed by atoms with Gasteiger partial charge in [-0.25, -0.2) is 0 Å². The number of hydrogen-bond acceptors (Lipinski definition) is 5. The Kier molecular flexibility index (Phi) is 17.6. The standard InChI is InChI=1S/C23H34Cl4O5/c1-3-5-11-30-22(31-12-6-4-2)17-28-10-7-8-13-32-23-19(24)15-18(16-20(23)25)29-14-9-21(26)27/h9,15-16,22H,3-8,10-14,17H2,1-2H3. The number of unbranched alkanes of at least 4 members (excludes halogenated alkanes) is 3. The molecule has 0 saturated heterocycles. The Hall–Kier alpha value is -0.400. The number of rotatable bonds is 19. The maximum atomic E-state index is 6.27. The summed E-state index contributed by atoms with van der Waals surface area (Å²) in [5, 5.41) is 0.752. The monoisotopic (exact) mass is 530 g/mol. The lowest BCUT2D eigenvalue weighted by Gasteiger charge is -2.18. The quantitative estimate of drug-likeness (QED) is 0.134. The van der Waals surface area contributed by atoms with Crippen LogP contribution in [-0.4, -0.2) is 45.9 Å². The molecule has 0 spiro atoms. The summed E-state index contributed by atoms with van der Waals surface area (Å²) in [7, 11) is 0. The largest absolute Gasteiger partial charge is 0.490 e. The van der Waals surface area contributed by atoms with E-state index in [0.717, 1.165) is 38.5 Å². The first-order valence-electron chi connectivity index (χ1n) is 11.0. The van der Waals surface area contributed by atoms with E-state index >= 15 is 0 Å². The molecule has 0 fully saturated rings. The molecule has 184 valence electrons. The molecule has 0 aliphatic rings. The summed E-state index contributed by atoms with van der Waals surface area (Å²) in [6.07, 6.45) is 7.05. The van der Waals surface area contributed by atoms with Crippen LogP contribution in [0.2, 0.25) is 10.0 Å². The van der Waals surface area contributed by atoms with E-state index in [-0.39, 0.29) is 17.4 Å². The van der Waals surface area contributed by atoms with Crippen molar-refractivity contribution in [3.63, 3.8) is 0 Å². The topological polar surface area (TPSA) is 46.2 Å². The third-order valence-electron chi connectivity index (χ3n) is 4.25. The lowest BCUT2D eigenvalue weighted by molar-refractivity contribution is -0.173. The van der Waals surface area contributed by atoms with Crippen LogP contribution in [0.15, 0.2) is 22.7 Å². The predicted octanol–water partition coefficient (Wildman–Crippen LogP) is 7.83. The van der Waals surface area contributed by atoms with Gasteiger partial charge in [-0.2, -0.15) is 0 Å². The first kappa shape index (κ1) is 29.6. The Morgan fingerprint density at radius 2 is 1.44 bits per heavy atom. The Labute approximate surface area is 212 Å². The summed E-state index contributed by atoms with van der Waals surface area (Å²) in [6.45, 7) is 7.35. The Bertz CT molecular complexity index is 620. The zero-order valence-corrected chi connectivity index (χ0v) is 21.9. The lowest BCUT2D eigenvalue weighted by atomic mass is 10.3. The van der Waals surface area contributed by atoms with E-state index in [9.17, 15) is 0 Å². The van der Waals surface area contributed by atoms with Gasteiger partial charge in [-0.1, -0.05) is 73.1 Å². The smallest absolute Gasteiger partial charge is 0.180 e. The van der Waals surface area contributed by atoms with E-state index in [1.165, 1.54) is 6.08 Å². The first-order valence-corrected chi connectivity index (χ1v) is 12.6. The second-order valence-electron chi connectivity index (χ2n) is 7.03. The molecule has 1 rings (SSSR count). The maximum absolute atomic E-state index is 6.27. The van der Waals surface area contributed by atoms with E-state index in [1.54, 1.807) is 12.1 Å². The van der Waals surface area contributed by atoms with Crippen LogP contribution in [0.25, 0.3) is 0 Å². The van der Waals surface area contributed by atoms with Gasteiger partial charge in [0.05, 0.1) is 23.3 Å². The fourth-order valence-corrected chi connectivity index (χ4v) is 3.18. The number of ether oxygens (including phenoxy) is 5. The van der Waals surface area contributed by atoms with Crippen molar-refractivity contribution >= 4 is 46.4 Å². The van der Waals surface area contributed by atoms with Crippen LogP contribution in [-0.2, 0) is 14.2 Å². The fourth-order valence-electron chi connectivity index (χ4n) is 2.48. The molecule has 1 aromatic rings. The van der Waals surface area contributed by atoms with Crippen molar-refractivity contribution in [2.24, 2.45) is 0 Å². The number of benzene rings is 1.